The van der Waals surface area contributed by atoms with Crippen LogP contribution in [0.25, 0.3) is 88.6 Å². The second-order valence-corrected chi connectivity index (χ2v) is 14.0. The minimum atomic E-state index is -0.183. The van der Waals surface area contributed by atoms with E-state index in [2.05, 4.69) is 158 Å². The van der Waals surface area contributed by atoms with Gasteiger partial charge in [-0.3, -0.25) is 4.98 Å². The molecule has 240 valence electrons. The molecule has 0 saturated carbocycles. The van der Waals surface area contributed by atoms with Crippen LogP contribution in [0.15, 0.2) is 164 Å². The van der Waals surface area contributed by atoms with Gasteiger partial charge in [-0.2, -0.15) is 0 Å². The van der Waals surface area contributed by atoms with Crippen LogP contribution in [0, 0.1) is 0 Å². The molecule has 0 aliphatic heterocycles. The van der Waals surface area contributed by atoms with Crippen LogP contribution in [0.4, 0.5) is 0 Å². The molecule has 9 aromatic rings. The average molecular weight is 652 g/mol. The number of pyridine rings is 1. The third-order valence-corrected chi connectivity index (χ3v) is 10.7. The van der Waals surface area contributed by atoms with E-state index >= 15 is 0 Å². The lowest BCUT2D eigenvalue weighted by Crippen LogP contribution is -2.17. The monoisotopic (exact) mass is 651 g/mol. The standard InChI is InChI=1S/C48H33N3/c1-48(2)45-32-16-7-6-13-30(32)24-25-40(45)39-21-10-20-38(46(39)48)35-26-27-41(34-18-9-8-17-33(34)35)47-50-43(31-14-4-3-5-15-31)29-44(51-47)37-19-11-23-42-36(37)22-12-28-49-42/h3-29H,1-2H3. The largest absolute Gasteiger partial charge is 0.256 e. The molecule has 0 N–H and O–H groups in total. The number of benzene rings is 7. The van der Waals surface area contributed by atoms with Crippen molar-refractivity contribution in [3.8, 4) is 56.2 Å². The molecule has 3 nitrogen and oxygen atoms in total. The second kappa shape index (κ2) is 11.3. The molecule has 0 unspecified atom stereocenters. The fourth-order valence-corrected chi connectivity index (χ4v) is 8.49. The summed E-state index contributed by atoms with van der Waals surface area (Å²) in [5.41, 5.74) is 13.5. The highest BCUT2D eigenvalue weighted by Crippen LogP contribution is 2.55. The van der Waals surface area contributed by atoms with Crippen molar-refractivity contribution >= 4 is 32.4 Å². The lowest BCUT2D eigenvalue weighted by Gasteiger charge is -2.26. The molecule has 0 radical (unpaired) electrons. The zero-order chi connectivity index (χ0) is 34.1. The van der Waals surface area contributed by atoms with Gasteiger partial charge in [-0.05, 0) is 79.2 Å². The van der Waals surface area contributed by atoms with Gasteiger partial charge in [0.2, 0.25) is 0 Å². The Kier molecular flexibility index (Phi) is 6.53. The average Bonchev–Trinajstić information content (AvgIpc) is 3.44. The predicted molar refractivity (Wildman–Crippen MR) is 212 cm³/mol. The molecule has 2 heterocycles. The van der Waals surface area contributed by atoms with Crippen molar-refractivity contribution in [1.29, 1.82) is 0 Å². The van der Waals surface area contributed by atoms with Gasteiger partial charge in [0.1, 0.15) is 0 Å². The molecule has 1 aliphatic rings. The zero-order valence-corrected chi connectivity index (χ0v) is 28.4. The molecule has 0 spiro atoms. The number of hydrogen-bond acceptors (Lipinski definition) is 3. The molecule has 0 amide bonds. The van der Waals surface area contributed by atoms with E-state index in [-0.39, 0.29) is 5.41 Å². The first-order valence-electron chi connectivity index (χ1n) is 17.5. The molecule has 2 aromatic heterocycles. The molecular formula is C48H33N3. The Hall–Kier alpha value is -6.45. The summed E-state index contributed by atoms with van der Waals surface area (Å²) in [6, 6.07) is 56.2. The van der Waals surface area contributed by atoms with Gasteiger partial charge in [0.25, 0.3) is 0 Å². The molecule has 7 aromatic carbocycles. The molecule has 51 heavy (non-hydrogen) atoms. The number of rotatable bonds is 4. The molecule has 0 fully saturated rings. The maximum Gasteiger partial charge on any atom is 0.161 e. The summed E-state index contributed by atoms with van der Waals surface area (Å²) in [7, 11) is 0. The Morgan fingerprint density at radius 2 is 1.02 bits per heavy atom. The smallest absolute Gasteiger partial charge is 0.161 e. The molecule has 10 rings (SSSR count). The highest BCUT2D eigenvalue weighted by molar-refractivity contribution is 6.07. The van der Waals surface area contributed by atoms with E-state index in [0.29, 0.717) is 5.82 Å². The van der Waals surface area contributed by atoms with Crippen LogP contribution in [-0.4, -0.2) is 15.0 Å². The molecule has 1 aliphatic carbocycles. The minimum absolute atomic E-state index is 0.183. The predicted octanol–water partition coefficient (Wildman–Crippen LogP) is 12.3. The molecular weight excluding hydrogens is 619 g/mol. The van der Waals surface area contributed by atoms with Crippen molar-refractivity contribution in [2.45, 2.75) is 19.3 Å². The summed E-state index contributed by atoms with van der Waals surface area (Å²) in [4.78, 5) is 15.2. The van der Waals surface area contributed by atoms with E-state index in [1.807, 2.05) is 24.4 Å². The molecule has 3 heteroatoms. The Bertz CT molecular complexity index is 2830. The van der Waals surface area contributed by atoms with Crippen LogP contribution in [0.5, 0.6) is 0 Å². The van der Waals surface area contributed by atoms with Gasteiger partial charge in [0.05, 0.1) is 16.9 Å². The third-order valence-electron chi connectivity index (χ3n) is 10.7. The van der Waals surface area contributed by atoms with Crippen molar-refractivity contribution in [1.82, 2.24) is 15.0 Å². The second-order valence-electron chi connectivity index (χ2n) is 14.0. The Balaban J connectivity index is 1.19. The quantitative estimate of drug-likeness (QED) is 0.190. The van der Waals surface area contributed by atoms with Gasteiger partial charge >= 0.3 is 0 Å². The number of nitrogens with zero attached hydrogens (tertiary/aromatic N) is 3. The molecule has 0 saturated heterocycles. The topological polar surface area (TPSA) is 38.7 Å². The van der Waals surface area contributed by atoms with Gasteiger partial charge in [0, 0.05) is 33.7 Å². The maximum atomic E-state index is 5.30. The van der Waals surface area contributed by atoms with E-state index in [1.54, 1.807) is 0 Å². The summed E-state index contributed by atoms with van der Waals surface area (Å²) in [5, 5.41) is 5.99. The highest BCUT2D eigenvalue weighted by atomic mass is 14.9. The zero-order valence-electron chi connectivity index (χ0n) is 28.4. The number of fused-ring (bicyclic) bond motifs is 7. The lowest BCUT2D eigenvalue weighted by molar-refractivity contribution is 0.668. The SMILES string of the molecule is CC1(C)c2c(cccc2-c2ccc(-c3nc(-c4ccccc4)cc(-c4cccc5ncccc45)n3)c3ccccc23)-c2ccc3ccccc3c21. The van der Waals surface area contributed by atoms with E-state index in [1.165, 1.54) is 49.5 Å². The highest BCUT2D eigenvalue weighted by Gasteiger charge is 2.39. The van der Waals surface area contributed by atoms with E-state index in [4.69, 9.17) is 9.97 Å². The lowest BCUT2D eigenvalue weighted by atomic mass is 9.77. The third kappa shape index (κ3) is 4.55. The Morgan fingerprint density at radius 1 is 0.412 bits per heavy atom. The normalized spacial score (nSPS) is 13.1. The van der Waals surface area contributed by atoms with E-state index < -0.39 is 0 Å². The van der Waals surface area contributed by atoms with Crippen LogP contribution in [-0.2, 0) is 5.41 Å². The summed E-state index contributed by atoms with van der Waals surface area (Å²) < 4.78 is 0. The van der Waals surface area contributed by atoms with Crippen molar-refractivity contribution in [3.05, 3.63) is 175 Å². The first-order chi connectivity index (χ1) is 25.1. The number of hydrogen-bond donors (Lipinski definition) is 0. The van der Waals surface area contributed by atoms with Gasteiger partial charge in [-0.15, -0.1) is 0 Å². The first-order valence-corrected chi connectivity index (χ1v) is 17.5. The summed E-state index contributed by atoms with van der Waals surface area (Å²) in [5.74, 6) is 0.701. The maximum absolute atomic E-state index is 5.30. The van der Waals surface area contributed by atoms with Gasteiger partial charge in [0.15, 0.2) is 5.82 Å². The molecule has 0 atom stereocenters. The fraction of sp³-hybridized carbons (Fsp3) is 0.0625. The van der Waals surface area contributed by atoms with Gasteiger partial charge in [-0.25, -0.2) is 9.97 Å². The first kappa shape index (κ1) is 29.5. The van der Waals surface area contributed by atoms with Crippen LogP contribution in [0.2, 0.25) is 0 Å². The summed E-state index contributed by atoms with van der Waals surface area (Å²) in [6.45, 7) is 4.77. The van der Waals surface area contributed by atoms with Gasteiger partial charge < -0.3 is 0 Å². The summed E-state index contributed by atoms with van der Waals surface area (Å²) >= 11 is 0. The molecule has 0 bridgehead atoms. The minimum Gasteiger partial charge on any atom is -0.256 e. The Labute approximate surface area is 297 Å². The fourth-order valence-electron chi connectivity index (χ4n) is 8.49. The van der Waals surface area contributed by atoms with Crippen LogP contribution < -0.4 is 0 Å². The van der Waals surface area contributed by atoms with Crippen molar-refractivity contribution < 1.29 is 0 Å². The van der Waals surface area contributed by atoms with Crippen molar-refractivity contribution in [2.24, 2.45) is 0 Å². The number of aromatic nitrogens is 3. The van der Waals surface area contributed by atoms with E-state index in [0.717, 1.165) is 44.4 Å². The van der Waals surface area contributed by atoms with Crippen LogP contribution in [0.1, 0.15) is 25.0 Å². The van der Waals surface area contributed by atoms with E-state index in [9.17, 15) is 0 Å². The van der Waals surface area contributed by atoms with Crippen LogP contribution in [0.3, 0.4) is 0 Å². The van der Waals surface area contributed by atoms with Crippen LogP contribution >= 0.6 is 0 Å². The van der Waals surface area contributed by atoms with Crippen molar-refractivity contribution in [3.63, 3.8) is 0 Å². The van der Waals surface area contributed by atoms with Gasteiger partial charge in [-0.1, -0.05) is 147 Å². The Morgan fingerprint density at radius 3 is 1.86 bits per heavy atom. The van der Waals surface area contributed by atoms with Crippen molar-refractivity contribution in [2.75, 3.05) is 0 Å². The summed E-state index contributed by atoms with van der Waals surface area (Å²) in [6.07, 6.45) is 1.84.